The molecule has 1 aliphatic rings. The number of H-pyrrole nitrogens is 1. The van der Waals surface area contributed by atoms with E-state index in [4.69, 9.17) is 4.74 Å². The third-order valence-electron chi connectivity index (χ3n) is 3.56. The van der Waals surface area contributed by atoms with E-state index in [1.165, 1.54) is 7.11 Å². The lowest BCUT2D eigenvalue weighted by Crippen LogP contribution is -2.38. The van der Waals surface area contributed by atoms with Crippen molar-refractivity contribution in [2.75, 3.05) is 20.2 Å². The van der Waals surface area contributed by atoms with Gasteiger partial charge in [-0.15, -0.1) is 0 Å². The number of rotatable bonds is 3. The number of aromatic nitrogens is 2. The number of hydrogen-bond acceptors (Lipinski definition) is 4. The van der Waals surface area contributed by atoms with Crippen LogP contribution >= 0.6 is 0 Å². The number of ether oxygens (including phenoxy) is 1. The van der Waals surface area contributed by atoms with Crippen LogP contribution in [0.3, 0.4) is 0 Å². The Bertz CT molecular complexity index is 541. The summed E-state index contributed by atoms with van der Waals surface area (Å²) in [7, 11) is 1.35. The molecule has 0 aromatic carbocycles. The summed E-state index contributed by atoms with van der Waals surface area (Å²) in [6.45, 7) is 4.73. The summed E-state index contributed by atoms with van der Waals surface area (Å²) in [5, 5.41) is 6.96. The lowest BCUT2D eigenvalue weighted by Gasteiger charge is -2.26. The standard InChI is InChI=1S/C14H19N3O3/c1-9-12(10(2)16-15-9)7-13(18)17-6-4-5-11(8-17)14(19)20-3/h5H,4,6-8H2,1-3H3,(H,15,16). The summed E-state index contributed by atoms with van der Waals surface area (Å²) < 4.78 is 4.70. The average Bonchev–Trinajstić information content (AvgIpc) is 2.78. The molecule has 0 saturated heterocycles. The normalized spacial score (nSPS) is 14.9. The molecule has 108 valence electrons. The van der Waals surface area contributed by atoms with E-state index in [0.29, 0.717) is 31.5 Å². The van der Waals surface area contributed by atoms with Gasteiger partial charge in [0.05, 0.1) is 31.3 Å². The highest BCUT2D eigenvalue weighted by Crippen LogP contribution is 2.15. The Morgan fingerprint density at radius 2 is 2.20 bits per heavy atom. The fraction of sp³-hybridized carbons (Fsp3) is 0.500. The van der Waals surface area contributed by atoms with E-state index in [0.717, 1.165) is 17.0 Å². The van der Waals surface area contributed by atoms with E-state index in [-0.39, 0.29) is 11.9 Å². The molecule has 0 fully saturated rings. The molecule has 1 amide bonds. The number of amides is 1. The molecule has 0 aliphatic carbocycles. The SMILES string of the molecule is COC(=O)C1=CCCN(C(=O)Cc2c(C)n[nH]c2C)C1. The number of nitrogens with one attached hydrogen (secondary N) is 1. The van der Waals surface area contributed by atoms with E-state index in [1.807, 2.05) is 19.9 Å². The molecule has 6 nitrogen and oxygen atoms in total. The zero-order valence-electron chi connectivity index (χ0n) is 12.0. The van der Waals surface area contributed by atoms with Crippen LogP contribution in [-0.4, -0.2) is 47.2 Å². The Labute approximate surface area is 117 Å². The summed E-state index contributed by atoms with van der Waals surface area (Å²) >= 11 is 0. The molecule has 1 aliphatic heterocycles. The molecule has 0 atom stereocenters. The van der Waals surface area contributed by atoms with Crippen LogP contribution < -0.4 is 0 Å². The molecule has 2 heterocycles. The van der Waals surface area contributed by atoms with Gasteiger partial charge < -0.3 is 9.64 Å². The van der Waals surface area contributed by atoms with Gasteiger partial charge in [-0.1, -0.05) is 6.08 Å². The highest BCUT2D eigenvalue weighted by molar-refractivity contribution is 5.90. The average molecular weight is 277 g/mol. The molecule has 0 saturated carbocycles. The number of methoxy groups -OCH3 is 1. The van der Waals surface area contributed by atoms with Crippen LogP contribution in [0, 0.1) is 13.8 Å². The highest BCUT2D eigenvalue weighted by Gasteiger charge is 2.23. The second-order valence-corrected chi connectivity index (χ2v) is 4.91. The largest absolute Gasteiger partial charge is 0.466 e. The Hall–Kier alpha value is -2.11. The van der Waals surface area contributed by atoms with E-state index in [2.05, 4.69) is 10.2 Å². The van der Waals surface area contributed by atoms with Crippen molar-refractivity contribution in [3.05, 3.63) is 28.6 Å². The fourth-order valence-corrected chi connectivity index (χ4v) is 2.33. The quantitative estimate of drug-likeness (QED) is 0.833. The maximum atomic E-state index is 12.3. The first-order chi connectivity index (χ1) is 9.52. The van der Waals surface area contributed by atoms with Crippen molar-refractivity contribution >= 4 is 11.9 Å². The molecule has 1 aromatic rings. The predicted molar refractivity (Wildman–Crippen MR) is 73.1 cm³/mol. The molecule has 6 heteroatoms. The van der Waals surface area contributed by atoms with Crippen molar-refractivity contribution in [2.45, 2.75) is 26.7 Å². The molecule has 0 bridgehead atoms. The smallest absolute Gasteiger partial charge is 0.335 e. The van der Waals surface area contributed by atoms with Gasteiger partial charge in [-0.25, -0.2) is 4.79 Å². The summed E-state index contributed by atoms with van der Waals surface area (Å²) in [5.74, 6) is -0.356. The monoisotopic (exact) mass is 277 g/mol. The van der Waals surface area contributed by atoms with Gasteiger partial charge in [0.2, 0.25) is 5.91 Å². The molecule has 0 spiro atoms. The van der Waals surface area contributed by atoms with Crippen molar-refractivity contribution in [1.82, 2.24) is 15.1 Å². The molecule has 2 rings (SSSR count). The molecule has 0 radical (unpaired) electrons. The van der Waals surface area contributed by atoms with Crippen LogP contribution in [0.5, 0.6) is 0 Å². The molecule has 1 aromatic heterocycles. The van der Waals surface area contributed by atoms with Crippen molar-refractivity contribution in [1.29, 1.82) is 0 Å². The lowest BCUT2D eigenvalue weighted by atomic mass is 10.1. The van der Waals surface area contributed by atoms with Gasteiger partial charge in [0.15, 0.2) is 0 Å². The van der Waals surface area contributed by atoms with E-state index in [1.54, 1.807) is 4.90 Å². The lowest BCUT2D eigenvalue weighted by molar-refractivity contribution is -0.137. The van der Waals surface area contributed by atoms with Crippen LogP contribution in [0.1, 0.15) is 23.4 Å². The fourth-order valence-electron chi connectivity index (χ4n) is 2.33. The highest BCUT2D eigenvalue weighted by atomic mass is 16.5. The Morgan fingerprint density at radius 3 is 2.80 bits per heavy atom. The van der Waals surface area contributed by atoms with Crippen LogP contribution in [0.25, 0.3) is 0 Å². The van der Waals surface area contributed by atoms with Crippen LogP contribution in [0.15, 0.2) is 11.6 Å². The molecule has 20 heavy (non-hydrogen) atoms. The van der Waals surface area contributed by atoms with Gasteiger partial charge in [0.25, 0.3) is 0 Å². The maximum Gasteiger partial charge on any atom is 0.335 e. The third-order valence-corrected chi connectivity index (χ3v) is 3.56. The molecule has 0 unspecified atom stereocenters. The summed E-state index contributed by atoms with van der Waals surface area (Å²) in [6.07, 6.45) is 2.83. The zero-order chi connectivity index (χ0) is 14.7. The second-order valence-electron chi connectivity index (χ2n) is 4.91. The van der Waals surface area contributed by atoms with Gasteiger partial charge in [-0.05, 0) is 20.3 Å². The number of aromatic amines is 1. The van der Waals surface area contributed by atoms with Crippen LogP contribution in [0.4, 0.5) is 0 Å². The maximum absolute atomic E-state index is 12.3. The molecular formula is C14H19N3O3. The first-order valence-electron chi connectivity index (χ1n) is 6.58. The summed E-state index contributed by atoms with van der Waals surface area (Å²) in [6, 6.07) is 0. The minimum absolute atomic E-state index is 0.00658. The minimum atomic E-state index is -0.363. The first kappa shape index (κ1) is 14.3. The predicted octanol–water partition coefficient (Wildman–Crippen LogP) is 0.901. The van der Waals surface area contributed by atoms with Gasteiger partial charge >= 0.3 is 5.97 Å². The zero-order valence-corrected chi connectivity index (χ0v) is 12.0. The van der Waals surface area contributed by atoms with Crippen LogP contribution in [0.2, 0.25) is 0 Å². The second kappa shape index (κ2) is 5.90. The number of aryl methyl sites for hydroxylation is 2. The Balaban J connectivity index is 2.04. The van der Waals surface area contributed by atoms with Crippen LogP contribution in [-0.2, 0) is 20.7 Å². The minimum Gasteiger partial charge on any atom is -0.466 e. The van der Waals surface area contributed by atoms with Crippen molar-refractivity contribution in [3.8, 4) is 0 Å². The van der Waals surface area contributed by atoms with E-state index < -0.39 is 0 Å². The molecular weight excluding hydrogens is 258 g/mol. The van der Waals surface area contributed by atoms with Crippen molar-refractivity contribution < 1.29 is 14.3 Å². The van der Waals surface area contributed by atoms with Crippen molar-refractivity contribution in [3.63, 3.8) is 0 Å². The summed E-state index contributed by atoms with van der Waals surface area (Å²) in [5.41, 5.74) is 3.24. The number of hydrogen-bond donors (Lipinski definition) is 1. The summed E-state index contributed by atoms with van der Waals surface area (Å²) in [4.78, 5) is 25.5. The van der Waals surface area contributed by atoms with Crippen molar-refractivity contribution in [2.24, 2.45) is 0 Å². The topological polar surface area (TPSA) is 75.3 Å². The third kappa shape index (κ3) is 2.89. The Kier molecular flexibility index (Phi) is 4.22. The van der Waals surface area contributed by atoms with Gasteiger partial charge in [0.1, 0.15) is 0 Å². The molecule has 1 N–H and O–H groups in total. The number of carbonyl (C=O) groups excluding carboxylic acids is 2. The number of esters is 1. The first-order valence-corrected chi connectivity index (χ1v) is 6.58. The Morgan fingerprint density at radius 1 is 1.45 bits per heavy atom. The van der Waals surface area contributed by atoms with Gasteiger partial charge in [-0.2, -0.15) is 5.10 Å². The van der Waals surface area contributed by atoms with Gasteiger partial charge in [0, 0.05) is 17.8 Å². The van der Waals surface area contributed by atoms with E-state index >= 15 is 0 Å². The number of nitrogens with zero attached hydrogens (tertiary/aromatic N) is 2. The number of carbonyl (C=O) groups is 2. The van der Waals surface area contributed by atoms with E-state index in [9.17, 15) is 9.59 Å². The van der Waals surface area contributed by atoms with Gasteiger partial charge in [-0.3, -0.25) is 9.89 Å².